The quantitative estimate of drug-likeness (QED) is 0.360. The summed E-state index contributed by atoms with van der Waals surface area (Å²) in [6, 6.07) is 24.3. The van der Waals surface area contributed by atoms with E-state index in [1.165, 1.54) is 27.4 Å². The van der Waals surface area contributed by atoms with Gasteiger partial charge in [-0.25, -0.2) is 4.98 Å². The van der Waals surface area contributed by atoms with Crippen molar-refractivity contribution in [3.8, 4) is 5.75 Å². The third-order valence-electron chi connectivity index (χ3n) is 7.04. The summed E-state index contributed by atoms with van der Waals surface area (Å²) in [5, 5.41) is 11.2. The second-order valence-electron chi connectivity index (χ2n) is 9.48. The van der Waals surface area contributed by atoms with Crippen LogP contribution in [0.25, 0.3) is 21.7 Å². The smallest absolute Gasteiger partial charge is 0.128 e. The zero-order valence-corrected chi connectivity index (χ0v) is 20.3. The van der Waals surface area contributed by atoms with Gasteiger partial charge in [-0.15, -0.1) is 0 Å². The van der Waals surface area contributed by atoms with Crippen molar-refractivity contribution in [2.75, 3.05) is 31.4 Å². The normalized spacial score (nSPS) is 18.2. The summed E-state index contributed by atoms with van der Waals surface area (Å²) in [7, 11) is 5.94. The number of fused-ring (bicyclic) bond motifs is 2. The Labute approximate surface area is 202 Å². The molecule has 1 aliphatic carbocycles. The van der Waals surface area contributed by atoms with Crippen LogP contribution in [0.4, 0.5) is 11.5 Å². The van der Waals surface area contributed by atoms with Gasteiger partial charge in [0.25, 0.3) is 0 Å². The zero-order valence-electron chi connectivity index (χ0n) is 20.3. The molecule has 3 aromatic carbocycles. The van der Waals surface area contributed by atoms with Crippen LogP contribution < -0.4 is 20.3 Å². The molecule has 1 saturated carbocycles. The number of nitrogens with one attached hydrogen (secondary N) is 2. The highest BCUT2D eigenvalue weighted by Crippen LogP contribution is 2.31. The Morgan fingerprint density at radius 3 is 2.35 bits per heavy atom. The molecule has 1 aliphatic rings. The van der Waals surface area contributed by atoms with Crippen molar-refractivity contribution < 1.29 is 4.74 Å². The van der Waals surface area contributed by atoms with Gasteiger partial charge in [0, 0.05) is 55.4 Å². The summed E-state index contributed by atoms with van der Waals surface area (Å²) in [5.74, 6) is 1.93. The number of methoxy groups -OCH3 is 1. The molecule has 5 heteroatoms. The van der Waals surface area contributed by atoms with Gasteiger partial charge in [0.1, 0.15) is 11.6 Å². The average Bonchev–Trinajstić information content (AvgIpc) is 2.87. The lowest BCUT2D eigenvalue weighted by Crippen LogP contribution is -2.36. The van der Waals surface area contributed by atoms with Crippen LogP contribution in [0.3, 0.4) is 0 Å². The second-order valence-corrected chi connectivity index (χ2v) is 9.48. The monoisotopic (exact) mass is 454 g/mol. The van der Waals surface area contributed by atoms with Crippen molar-refractivity contribution >= 4 is 33.2 Å². The number of para-hydroxylation sites is 1. The van der Waals surface area contributed by atoms with Crippen LogP contribution in [0.15, 0.2) is 66.7 Å². The van der Waals surface area contributed by atoms with Crippen LogP contribution in [-0.2, 0) is 6.54 Å². The number of ether oxygens (including phenoxy) is 1. The van der Waals surface area contributed by atoms with Gasteiger partial charge in [0.05, 0.1) is 12.6 Å². The van der Waals surface area contributed by atoms with Crippen molar-refractivity contribution in [2.24, 2.45) is 0 Å². The summed E-state index contributed by atoms with van der Waals surface area (Å²) in [6.07, 6.45) is 4.57. The summed E-state index contributed by atoms with van der Waals surface area (Å²) >= 11 is 0. The molecule has 0 atom stereocenters. The van der Waals surface area contributed by atoms with E-state index in [0.29, 0.717) is 12.1 Å². The molecule has 1 aromatic heterocycles. The van der Waals surface area contributed by atoms with Gasteiger partial charge in [-0.1, -0.05) is 48.5 Å². The Kier molecular flexibility index (Phi) is 6.54. The summed E-state index contributed by atoms with van der Waals surface area (Å²) in [6.45, 7) is 0.825. The van der Waals surface area contributed by atoms with Crippen LogP contribution in [0, 0.1) is 0 Å². The molecule has 1 fully saturated rings. The second kappa shape index (κ2) is 9.90. The Morgan fingerprint density at radius 1 is 0.882 bits per heavy atom. The Morgan fingerprint density at radius 2 is 1.59 bits per heavy atom. The lowest BCUT2D eigenvalue weighted by molar-refractivity contribution is 0.349. The zero-order chi connectivity index (χ0) is 23.5. The average molecular weight is 455 g/mol. The highest BCUT2D eigenvalue weighted by Gasteiger charge is 2.22. The molecule has 176 valence electrons. The first kappa shape index (κ1) is 22.5. The molecule has 0 saturated heterocycles. The van der Waals surface area contributed by atoms with Crippen molar-refractivity contribution in [2.45, 2.75) is 44.3 Å². The maximum Gasteiger partial charge on any atom is 0.128 e. The number of rotatable bonds is 7. The number of hydrogen-bond donors (Lipinski definition) is 2. The number of benzene rings is 3. The maximum atomic E-state index is 5.67. The summed E-state index contributed by atoms with van der Waals surface area (Å²) in [4.78, 5) is 7.05. The maximum absolute atomic E-state index is 5.67. The minimum Gasteiger partial charge on any atom is -0.496 e. The molecule has 0 radical (unpaired) electrons. The lowest BCUT2D eigenvalue weighted by Gasteiger charge is -2.30. The number of pyridine rings is 1. The molecule has 0 spiro atoms. The number of nitrogens with zero attached hydrogens (tertiary/aromatic N) is 2. The van der Waals surface area contributed by atoms with Crippen LogP contribution in [0.2, 0.25) is 0 Å². The van der Waals surface area contributed by atoms with Crippen LogP contribution in [0.5, 0.6) is 5.75 Å². The molecular formula is C29H34N4O. The number of anilines is 2. The van der Waals surface area contributed by atoms with Crippen molar-refractivity contribution in [3.63, 3.8) is 0 Å². The lowest BCUT2D eigenvalue weighted by atomic mass is 9.90. The van der Waals surface area contributed by atoms with Gasteiger partial charge in [-0.05, 0) is 48.6 Å². The predicted octanol–water partition coefficient (Wildman–Crippen LogP) is 5.98. The molecule has 4 aromatic rings. The fraction of sp³-hybridized carbons (Fsp3) is 0.345. The van der Waals surface area contributed by atoms with E-state index in [2.05, 4.69) is 96.4 Å². The van der Waals surface area contributed by atoms with E-state index < -0.39 is 0 Å². The topological polar surface area (TPSA) is 49.4 Å². The molecular weight excluding hydrogens is 420 g/mol. The van der Waals surface area contributed by atoms with Gasteiger partial charge in [-0.3, -0.25) is 0 Å². The van der Waals surface area contributed by atoms with Gasteiger partial charge in [0.15, 0.2) is 0 Å². The fourth-order valence-corrected chi connectivity index (χ4v) is 5.19. The van der Waals surface area contributed by atoms with Crippen molar-refractivity contribution in [1.29, 1.82) is 0 Å². The highest BCUT2D eigenvalue weighted by atomic mass is 16.5. The van der Waals surface area contributed by atoms with Crippen molar-refractivity contribution in [1.82, 2.24) is 10.3 Å². The third-order valence-corrected chi connectivity index (χ3v) is 7.04. The molecule has 2 N–H and O–H groups in total. The first-order valence-corrected chi connectivity index (χ1v) is 12.2. The third kappa shape index (κ3) is 4.66. The van der Waals surface area contributed by atoms with Gasteiger partial charge >= 0.3 is 0 Å². The number of hydrogen-bond acceptors (Lipinski definition) is 5. The molecule has 0 unspecified atom stereocenters. The standard InChI is InChI=1S/C29H34N4O/c1-33(2)27-18-29(32-26-11-7-6-10-24(26)27)31-22-15-13-21(14-16-22)30-19-25-23-9-5-4-8-20(23)12-17-28(25)34-3/h4-12,17-18,21-22,30H,13-16,19H2,1-3H3,(H,31,32)/t21-,22+. The Hall–Kier alpha value is -3.31. The highest BCUT2D eigenvalue weighted by molar-refractivity contribution is 5.93. The van der Waals surface area contributed by atoms with E-state index in [-0.39, 0.29) is 0 Å². The van der Waals surface area contributed by atoms with Crippen LogP contribution in [0.1, 0.15) is 31.2 Å². The molecule has 0 aliphatic heterocycles. The molecule has 5 rings (SSSR count). The first-order valence-electron chi connectivity index (χ1n) is 12.2. The minimum atomic E-state index is 0.453. The van der Waals surface area contributed by atoms with Crippen LogP contribution >= 0.6 is 0 Å². The van der Waals surface area contributed by atoms with Crippen LogP contribution in [-0.4, -0.2) is 38.3 Å². The Balaban J connectivity index is 1.22. The van der Waals surface area contributed by atoms with E-state index in [1.807, 2.05) is 0 Å². The van der Waals surface area contributed by atoms with E-state index >= 15 is 0 Å². The van der Waals surface area contributed by atoms with E-state index in [0.717, 1.165) is 49.3 Å². The van der Waals surface area contributed by atoms with E-state index in [9.17, 15) is 0 Å². The van der Waals surface area contributed by atoms with Crippen molar-refractivity contribution in [3.05, 3.63) is 72.3 Å². The predicted molar refractivity (Wildman–Crippen MR) is 143 cm³/mol. The first-order chi connectivity index (χ1) is 16.6. The SMILES string of the molecule is COc1ccc2ccccc2c1CN[C@H]1CC[C@@H](Nc2cc(N(C)C)c3ccccc3n2)CC1. The summed E-state index contributed by atoms with van der Waals surface area (Å²) < 4.78 is 5.67. The van der Waals surface area contributed by atoms with E-state index in [4.69, 9.17) is 9.72 Å². The largest absolute Gasteiger partial charge is 0.496 e. The fourth-order valence-electron chi connectivity index (χ4n) is 5.19. The molecule has 0 amide bonds. The van der Waals surface area contributed by atoms with Gasteiger partial charge < -0.3 is 20.3 Å². The van der Waals surface area contributed by atoms with E-state index in [1.54, 1.807) is 7.11 Å². The number of aromatic nitrogens is 1. The molecule has 0 bridgehead atoms. The van der Waals surface area contributed by atoms with Gasteiger partial charge in [-0.2, -0.15) is 0 Å². The Bertz CT molecular complexity index is 1280. The minimum absolute atomic E-state index is 0.453. The summed E-state index contributed by atoms with van der Waals surface area (Å²) in [5.41, 5.74) is 3.49. The molecule has 34 heavy (non-hydrogen) atoms. The molecule has 1 heterocycles. The molecule has 5 nitrogen and oxygen atoms in total. The van der Waals surface area contributed by atoms with Gasteiger partial charge in [0.2, 0.25) is 0 Å².